The quantitative estimate of drug-likeness (QED) is 0.564. The van der Waals surface area contributed by atoms with E-state index < -0.39 is 0 Å². The van der Waals surface area contributed by atoms with Gasteiger partial charge in [0.05, 0.1) is 10.9 Å². The normalized spacial score (nSPS) is 11.7. The van der Waals surface area contributed by atoms with Gasteiger partial charge in [-0.05, 0) is 41.8 Å². The number of aromatic nitrogens is 1. The molecule has 0 saturated carbocycles. The highest BCUT2D eigenvalue weighted by molar-refractivity contribution is 7.98. The Kier molecular flexibility index (Phi) is 6.45. The van der Waals surface area contributed by atoms with E-state index in [1.54, 1.807) is 18.0 Å². The van der Waals surface area contributed by atoms with Gasteiger partial charge in [0.1, 0.15) is 0 Å². The molecule has 26 heavy (non-hydrogen) atoms. The molecule has 0 aliphatic carbocycles. The summed E-state index contributed by atoms with van der Waals surface area (Å²) in [6.45, 7) is 2.04. The van der Waals surface area contributed by atoms with Crippen molar-refractivity contribution in [3.05, 3.63) is 90.1 Å². The summed E-state index contributed by atoms with van der Waals surface area (Å²) in [7, 11) is 0. The van der Waals surface area contributed by atoms with Gasteiger partial charge in [-0.2, -0.15) is 0 Å². The van der Waals surface area contributed by atoms with Crippen LogP contribution in [0.15, 0.2) is 84.0 Å². The smallest absolute Gasteiger partial charge is 0.231 e. The minimum absolute atomic E-state index is 0.0354. The molecular weight excluding hydrogens is 340 g/mol. The Hall–Kier alpha value is -2.59. The van der Waals surface area contributed by atoms with Gasteiger partial charge in [-0.15, -0.1) is 11.8 Å². The fourth-order valence-electron chi connectivity index (χ4n) is 2.82. The van der Waals surface area contributed by atoms with Crippen LogP contribution in [0.4, 0.5) is 5.69 Å². The molecule has 1 heterocycles. The Labute approximate surface area is 158 Å². The monoisotopic (exact) mass is 362 g/mol. The molecule has 3 aromatic rings. The van der Waals surface area contributed by atoms with Crippen LogP contribution in [0.2, 0.25) is 0 Å². The van der Waals surface area contributed by atoms with Gasteiger partial charge < -0.3 is 5.32 Å². The van der Waals surface area contributed by atoms with Gasteiger partial charge in [0.25, 0.3) is 0 Å². The van der Waals surface area contributed by atoms with Crippen LogP contribution >= 0.6 is 11.8 Å². The summed E-state index contributed by atoms with van der Waals surface area (Å²) in [5, 5.41) is 4.06. The van der Waals surface area contributed by atoms with Crippen LogP contribution in [-0.4, -0.2) is 10.9 Å². The number of pyridine rings is 1. The van der Waals surface area contributed by atoms with E-state index in [1.807, 2.05) is 73.7 Å². The van der Waals surface area contributed by atoms with Crippen molar-refractivity contribution in [1.82, 2.24) is 4.98 Å². The average molecular weight is 362 g/mol. The second-order valence-corrected chi connectivity index (χ2v) is 7.01. The average Bonchev–Trinajstić information content (AvgIpc) is 2.69. The van der Waals surface area contributed by atoms with Gasteiger partial charge >= 0.3 is 0 Å². The first-order valence-corrected chi connectivity index (χ1v) is 9.73. The summed E-state index contributed by atoms with van der Waals surface area (Å²) in [5.41, 5.74) is 3.05. The Balaban J connectivity index is 1.65. The summed E-state index contributed by atoms with van der Waals surface area (Å²) in [6.07, 6.45) is 2.57. The first-order valence-electron chi connectivity index (χ1n) is 8.75. The zero-order valence-electron chi connectivity index (χ0n) is 14.8. The Bertz CT molecular complexity index is 837. The number of rotatable bonds is 7. The van der Waals surface area contributed by atoms with E-state index in [0.717, 1.165) is 34.0 Å². The summed E-state index contributed by atoms with van der Waals surface area (Å²) in [6, 6.07) is 23.9. The van der Waals surface area contributed by atoms with E-state index in [2.05, 4.69) is 16.4 Å². The second kappa shape index (κ2) is 9.20. The van der Waals surface area contributed by atoms with Gasteiger partial charge in [-0.3, -0.25) is 4.79 Å². The predicted octanol–water partition coefficient (Wildman–Crippen LogP) is 5.51. The molecular formula is C22H22N2OS. The van der Waals surface area contributed by atoms with E-state index in [0.29, 0.717) is 0 Å². The molecule has 4 heteroatoms. The van der Waals surface area contributed by atoms with Crippen LogP contribution in [0.5, 0.6) is 0 Å². The summed E-state index contributed by atoms with van der Waals surface area (Å²) in [5.74, 6) is 0.715. The van der Waals surface area contributed by atoms with Crippen molar-refractivity contribution in [2.24, 2.45) is 0 Å². The maximum atomic E-state index is 12.7. The van der Waals surface area contributed by atoms with Crippen LogP contribution in [-0.2, 0) is 10.5 Å². The van der Waals surface area contributed by atoms with Gasteiger partial charge in [-0.1, -0.05) is 55.5 Å². The van der Waals surface area contributed by atoms with Crippen molar-refractivity contribution in [1.29, 1.82) is 0 Å². The molecule has 0 fully saturated rings. The molecule has 0 radical (unpaired) electrons. The number of carbonyl (C=O) groups excluding carboxylic acids is 1. The van der Waals surface area contributed by atoms with E-state index in [-0.39, 0.29) is 11.8 Å². The lowest BCUT2D eigenvalue weighted by atomic mass is 9.95. The van der Waals surface area contributed by atoms with E-state index >= 15 is 0 Å². The minimum atomic E-state index is -0.136. The minimum Gasteiger partial charge on any atom is -0.326 e. The molecule has 1 aromatic heterocycles. The topological polar surface area (TPSA) is 42.0 Å². The fourth-order valence-corrected chi connectivity index (χ4v) is 3.62. The van der Waals surface area contributed by atoms with Crippen molar-refractivity contribution < 1.29 is 4.79 Å². The fraction of sp³-hybridized carbons (Fsp3) is 0.182. The number of benzene rings is 2. The third-order valence-corrected chi connectivity index (χ3v) is 5.16. The van der Waals surface area contributed by atoms with Crippen molar-refractivity contribution in [2.75, 3.05) is 5.32 Å². The van der Waals surface area contributed by atoms with Crippen LogP contribution in [0.1, 0.15) is 30.4 Å². The molecule has 0 saturated heterocycles. The lowest BCUT2D eigenvalue weighted by Crippen LogP contribution is -2.20. The number of nitrogens with zero attached hydrogens (tertiary/aromatic N) is 1. The molecule has 0 bridgehead atoms. The zero-order valence-corrected chi connectivity index (χ0v) is 15.6. The number of nitrogens with one attached hydrogen (secondary N) is 1. The van der Waals surface area contributed by atoms with Crippen molar-refractivity contribution in [3.63, 3.8) is 0 Å². The standard InChI is InChI=1S/C22H22N2OS/c1-2-20(18-10-4-3-5-11-18)22(25)24-19-12-8-9-17(15-19)16-26-21-13-6-7-14-23-21/h3-15,20H,2,16H2,1H3,(H,24,25). The van der Waals surface area contributed by atoms with Crippen LogP contribution in [0.25, 0.3) is 0 Å². The van der Waals surface area contributed by atoms with E-state index in [4.69, 9.17) is 0 Å². The largest absolute Gasteiger partial charge is 0.326 e. The number of hydrogen-bond acceptors (Lipinski definition) is 3. The first-order chi connectivity index (χ1) is 12.8. The molecule has 2 aromatic carbocycles. The molecule has 0 aliphatic heterocycles. The van der Waals surface area contributed by atoms with Crippen LogP contribution in [0.3, 0.4) is 0 Å². The molecule has 1 N–H and O–H groups in total. The van der Waals surface area contributed by atoms with Crippen molar-refractivity contribution in [2.45, 2.75) is 30.0 Å². The summed E-state index contributed by atoms with van der Waals surface area (Å²) in [4.78, 5) is 17.0. The number of hydrogen-bond donors (Lipinski definition) is 1. The van der Waals surface area contributed by atoms with Crippen molar-refractivity contribution >= 4 is 23.4 Å². The van der Waals surface area contributed by atoms with Gasteiger partial charge in [0.15, 0.2) is 0 Å². The van der Waals surface area contributed by atoms with Crippen LogP contribution < -0.4 is 5.32 Å². The predicted molar refractivity (Wildman–Crippen MR) is 108 cm³/mol. The maximum Gasteiger partial charge on any atom is 0.231 e. The Morgan fingerprint density at radius 1 is 1.04 bits per heavy atom. The maximum absolute atomic E-state index is 12.7. The molecule has 0 aliphatic rings. The summed E-state index contributed by atoms with van der Waals surface area (Å²) >= 11 is 1.68. The SMILES string of the molecule is CCC(C(=O)Nc1cccc(CSc2ccccn2)c1)c1ccccc1. The molecule has 3 nitrogen and oxygen atoms in total. The second-order valence-electron chi connectivity index (χ2n) is 6.02. The first kappa shape index (κ1) is 18.2. The highest BCUT2D eigenvalue weighted by Crippen LogP contribution is 2.24. The third kappa shape index (κ3) is 4.96. The number of anilines is 1. The van der Waals surface area contributed by atoms with Crippen LogP contribution in [0, 0.1) is 0 Å². The summed E-state index contributed by atoms with van der Waals surface area (Å²) < 4.78 is 0. The Morgan fingerprint density at radius 3 is 2.58 bits per heavy atom. The number of carbonyl (C=O) groups is 1. The molecule has 0 spiro atoms. The highest BCUT2D eigenvalue weighted by atomic mass is 32.2. The van der Waals surface area contributed by atoms with E-state index in [9.17, 15) is 4.79 Å². The molecule has 1 unspecified atom stereocenters. The van der Waals surface area contributed by atoms with Gasteiger partial charge in [0.2, 0.25) is 5.91 Å². The number of amides is 1. The van der Waals surface area contributed by atoms with E-state index in [1.165, 1.54) is 0 Å². The molecule has 3 rings (SSSR count). The molecule has 1 amide bonds. The zero-order chi connectivity index (χ0) is 18.2. The molecule has 132 valence electrons. The van der Waals surface area contributed by atoms with Gasteiger partial charge in [0, 0.05) is 17.6 Å². The molecule has 1 atom stereocenters. The van der Waals surface area contributed by atoms with Crippen molar-refractivity contribution in [3.8, 4) is 0 Å². The third-order valence-electron chi connectivity index (χ3n) is 4.15. The van der Waals surface area contributed by atoms with Gasteiger partial charge in [-0.25, -0.2) is 4.98 Å². The highest BCUT2D eigenvalue weighted by Gasteiger charge is 2.18. The lowest BCUT2D eigenvalue weighted by Gasteiger charge is -2.16. The lowest BCUT2D eigenvalue weighted by molar-refractivity contribution is -0.117. The Morgan fingerprint density at radius 2 is 1.85 bits per heavy atom. The number of thioether (sulfide) groups is 1.